The molecule has 15 nitrogen and oxygen atoms in total. The van der Waals surface area contributed by atoms with E-state index in [9.17, 15) is 10.2 Å². The van der Waals surface area contributed by atoms with Crippen molar-refractivity contribution >= 4 is 0 Å². The summed E-state index contributed by atoms with van der Waals surface area (Å²) >= 11 is 0. The quantitative estimate of drug-likeness (QED) is 0.0346. The number of methoxy groups -OCH3 is 2. The minimum Gasteiger partial charge on any atom is -0.387 e. The Kier molecular flexibility index (Phi) is 48.5. The first-order chi connectivity index (χ1) is 62.8. The van der Waals surface area contributed by atoms with Crippen LogP contribution in [0.5, 0.6) is 0 Å². The summed E-state index contributed by atoms with van der Waals surface area (Å²) in [4.78, 5) is 15.4. The molecule has 5 aliphatic carbocycles. The topological polar surface area (TPSA) is 139 Å². The predicted octanol–water partition coefficient (Wildman–Crippen LogP) is 20.9. The van der Waals surface area contributed by atoms with E-state index in [1.165, 1.54) is 366 Å². The number of nitrogens with one attached hydrogen (secondary N) is 4. The largest absolute Gasteiger partial charge is 0.387 e. The number of epoxide rings is 1. The van der Waals surface area contributed by atoms with Gasteiger partial charge in [0.1, 0.15) is 6.10 Å². The number of aliphatic hydroxyl groups is 2. The van der Waals surface area contributed by atoms with Crippen LogP contribution >= 0.6 is 0 Å². The standard InChI is InChI=1S/C26H43N3O.2C19H29NO.2C11H21N.C11H15N.C8H8O.C7H16N2O/c1-30-21-20-27-16-18-29(19-17-27)26(25-10-6-3-7-11-25)22-28-14-12-24(13-15-28)23-8-4-2-5-9-23;2*21-19(18-9-5-2-6-10-18)15-20-13-11-17(12-14-20)16-7-3-1-4-8-16;3*1-2-4-10(5-3-1)11-6-8-12-9-7-11;1-2-4-7(5-3-1)8-6-9-8;1-10-7-6-9-4-2-8-3-5-9/h3,6-7,10-11,23-24,26H,2,4-5,8-9,12-22H2,1H3;2*2,5-6,9-10,16-17,19,21H,1,3-4,7-8,11-15H2;2*10-12H,1-9H2;1-5,11-12H,6-9H2;1-5,8H,6H2;8H,2-7H2,1H3. The Labute approximate surface area is 774 Å². The van der Waals surface area contributed by atoms with Crippen LogP contribution in [-0.2, 0) is 14.2 Å². The van der Waals surface area contributed by atoms with E-state index in [4.69, 9.17) is 14.2 Å². The summed E-state index contributed by atoms with van der Waals surface area (Å²) in [5.41, 5.74) is 6.41. The van der Waals surface area contributed by atoms with Crippen molar-refractivity contribution in [3.05, 3.63) is 179 Å². The highest BCUT2D eigenvalue weighted by atomic mass is 16.6. The lowest BCUT2D eigenvalue weighted by Gasteiger charge is -2.43. The second kappa shape index (κ2) is 60.7. The maximum absolute atomic E-state index is 10.3. The van der Waals surface area contributed by atoms with E-state index in [-0.39, 0.29) is 12.2 Å². The van der Waals surface area contributed by atoms with Crippen LogP contribution in [0.3, 0.4) is 0 Å². The fraction of sp³-hybridized carbons (Fsp3) is 0.732. The molecule has 0 aromatic heterocycles. The number of piperidine rings is 6. The van der Waals surface area contributed by atoms with Crippen molar-refractivity contribution in [1.82, 2.24) is 50.7 Å². The number of hydrogen-bond acceptors (Lipinski definition) is 15. The minimum absolute atomic E-state index is 0.336. The highest BCUT2D eigenvalue weighted by molar-refractivity contribution is 5.23. The van der Waals surface area contributed by atoms with E-state index >= 15 is 0 Å². The monoisotopic (exact) mass is 1750 g/mol. The molecule has 710 valence electrons. The highest BCUT2D eigenvalue weighted by Gasteiger charge is 2.35. The Morgan fingerprint density at radius 2 is 0.559 bits per heavy atom. The van der Waals surface area contributed by atoms with Crippen molar-refractivity contribution in [2.45, 2.75) is 268 Å². The van der Waals surface area contributed by atoms with E-state index in [2.05, 4.69) is 123 Å². The molecular weight excluding hydrogens is 1570 g/mol. The molecule has 5 saturated carbocycles. The first-order valence-corrected chi connectivity index (χ1v) is 53.2. The lowest BCUT2D eigenvalue weighted by atomic mass is 9.76. The maximum atomic E-state index is 10.3. The number of aliphatic hydroxyl groups excluding tert-OH is 2. The number of likely N-dealkylation sites (tertiary alicyclic amines) is 3. The fourth-order valence-electron chi connectivity index (χ4n) is 24.3. The van der Waals surface area contributed by atoms with Crippen LogP contribution in [0, 0.1) is 59.2 Å². The molecule has 15 heteroatoms. The molecule has 0 radical (unpaired) electrons. The Hall–Kier alpha value is -4.50. The molecule has 14 fully saturated rings. The smallest absolute Gasteiger partial charge is 0.106 e. The van der Waals surface area contributed by atoms with Gasteiger partial charge in [-0.2, -0.15) is 0 Å². The van der Waals surface area contributed by atoms with Crippen LogP contribution < -0.4 is 21.3 Å². The van der Waals surface area contributed by atoms with Crippen molar-refractivity contribution in [3.63, 3.8) is 0 Å². The molecule has 0 spiro atoms. The number of piperazine rings is 2. The van der Waals surface area contributed by atoms with Crippen molar-refractivity contribution in [2.24, 2.45) is 59.2 Å². The molecular formula is C112H182N10O5. The molecule has 0 bridgehead atoms. The number of benzene rings is 5. The van der Waals surface area contributed by atoms with Crippen molar-refractivity contribution < 1.29 is 24.4 Å². The normalized spacial score (nSPS) is 24.5. The zero-order valence-electron chi connectivity index (χ0n) is 80.4. The molecule has 4 atom stereocenters. The van der Waals surface area contributed by atoms with Gasteiger partial charge in [-0.3, -0.25) is 14.7 Å². The lowest BCUT2D eigenvalue weighted by molar-refractivity contribution is 0.0487. The van der Waals surface area contributed by atoms with Crippen LogP contribution in [0.1, 0.15) is 296 Å². The van der Waals surface area contributed by atoms with Gasteiger partial charge < -0.3 is 60.4 Å². The van der Waals surface area contributed by atoms with Gasteiger partial charge >= 0.3 is 0 Å². The zero-order valence-corrected chi connectivity index (χ0v) is 80.4. The molecule has 5 aromatic carbocycles. The minimum atomic E-state index is -0.336. The second-order valence-electron chi connectivity index (χ2n) is 41.0. The van der Waals surface area contributed by atoms with Crippen LogP contribution in [0.15, 0.2) is 152 Å². The van der Waals surface area contributed by atoms with E-state index in [0.717, 1.165) is 148 Å². The van der Waals surface area contributed by atoms with Gasteiger partial charge in [-0.05, 0) is 249 Å². The summed E-state index contributed by atoms with van der Waals surface area (Å²) in [5, 5.41) is 34.3. The number of rotatable bonds is 23. The molecule has 9 aliphatic heterocycles. The summed E-state index contributed by atoms with van der Waals surface area (Å²) in [7, 11) is 3.56. The van der Waals surface area contributed by atoms with E-state index < -0.39 is 0 Å². The van der Waals surface area contributed by atoms with E-state index in [1.54, 1.807) is 14.2 Å². The van der Waals surface area contributed by atoms with Gasteiger partial charge in [-0.25, -0.2) is 0 Å². The Bertz CT molecular complexity index is 3290. The van der Waals surface area contributed by atoms with Gasteiger partial charge in [0.15, 0.2) is 0 Å². The predicted molar refractivity (Wildman–Crippen MR) is 531 cm³/mol. The van der Waals surface area contributed by atoms with Crippen molar-refractivity contribution in [3.8, 4) is 0 Å². The van der Waals surface area contributed by atoms with Gasteiger partial charge in [0.2, 0.25) is 0 Å². The summed E-state index contributed by atoms with van der Waals surface area (Å²) < 4.78 is 15.4. The molecule has 9 heterocycles. The fourth-order valence-corrected chi connectivity index (χ4v) is 24.3. The number of hydrogen-bond donors (Lipinski definition) is 6. The van der Waals surface area contributed by atoms with Crippen molar-refractivity contribution in [1.29, 1.82) is 0 Å². The van der Waals surface area contributed by atoms with Crippen LogP contribution in [0.2, 0.25) is 0 Å². The van der Waals surface area contributed by atoms with Gasteiger partial charge in [0.05, 0.1) is 32.0 Å². The second-order valence-corrected chi connectivity index (χ2v) is 41.0. The van der Waals surface area contributed by atoms with Gasteiger partial charge in [-0.1, -0.05) is 312 Å². The molecule has 6 N–H and O–H groups in total. The first kappa shape index (κ1) is 101. The van der Waals surface area contributed by atoms with Gasteiger partial charge in [0.25, 0.3) is 0 Å². The molecule has 14 aliphatic rings. The Morgan fingerprint density at radius 1 is 0.283 bits per heavy atom. The third-order valence-electron chi connectivity index (χ3n) is 32.5. The third-order valence-corrected chi connectivity index (χ3v) is 32.5. The summed E-state index contributed by atoms with van der Waals surface area (Å²) in [6.07, 6.45) is 53.6. The number of ether oxygens (including phenoxy) is 3. The maximum Gasteiger partial charge on any atom is 0.106 e. The molecule has 5 aromatic rings. The van der Waals surface area contributed by atoms with Crippen molar-refractivity contribution in [2.75, 3.05) is 198 Å². The molecule has 127 heavy (non-hydrogen) atoms. The third kappa shape index (κ3) is 37.7. The van der Waals surface area contributed by atoms with E-state index in [0.29, 0.717) is 12.1 Å². The average Bonchev–Trinajstić information content (AvgIpc) is 1.57. The summed E-state index contributed by atoms with van der Waals surface area (Å²) in [5.74, 6) is 11.1. The van der Waals surface area contributed by atoms with Gasteiger partial charge in [-0.15, -0.1) is 0 Å². The zero-order chi connectivity index (χ0) is 87.6. The van der Waals surface area contributed by atoms with Crippen LogP contribution in [0.4, 0.5) is 0 Å². The van der Waals surface area contributed by atoms with E-state index in [1.807, 2.05) is 78.9 Å². The molecule has 0 amide bonds. The molecule has 9 saturated heterocycles. The average molecular weight is 1750 g/mol. The van der Waals surface area contributed by atoms with Crippen LogP contribution in [-0.4, -0.2) is 237 Å². The Balaban J connectivity index is 0.000000136. The summed E-state index contributed by atoms with van der Waals surface area (Å²) in [6, 6.07) is 53.1. The lowest BCUT2D eigenvalue weighted by Crippen LogP contribution is -2.51. The van der Waals surface area contributed by atoms with Gasteiger partial charge in [0, 0.05) is 105 Å². The highest BCUT2D eigenvalue weighted by Crippen LogP contribution is 2.41. The summed E-state index contributed by atoms with van der Waals surface area (Å²) in [6.45, 7) is 31.6. The first-order valence-electron chi connectivity index (χ1n) is 53.2. The molecule has 4 unspecified atom stereocenters. The Morgan fingerprint density at radius 3 is 0.890 bits per heavy atom. The molecule has 19 rings (SSSR count). The number of β-amino-alcohol motifs (C(OH)–C–C–N with tert-alkyl or cyclic N) is 2. The SMILES string of the molecule is C1CCC(C2CCNCC2)CC1.C1CCC(C2CCNCC2)CC1.COCCN1CCN(C(CN2CCC(C3CCCCC3)CC2)c2ccccc2)CC1.COCCN1CCNCC1.OC(CN1CCC(C2CCCCC2)CC1)c1ccccc1.OC(CN1CCC(C2CCCCC2)CC1)c1ccccc1.c1ccc(C2CCNCC2)cc1.c1ccc(C2CO2)cc1. The number of nitrogens with zero attached hydrogens (tertiary/aromatic N) is 6. The van der Waals surface area contributed by atoms with Crippen LogP contribution in [0.25, 0.3) is 0 Å².